The predicted octanol–water partition coefficient (Wildman–Crippen LogP) is 1.29. The van der Waals surface area contributed by atoms with E-state index < -0.39 is 5.41 Å². The Morgan fingerprint density at radius 1 is 1.79 bits per heavy atom. The van der Waals surface area contributed by atoms with E-state index in [0.29, 0.717) is 13.2 Å². The molecule has 4 heteroatoms. The summed E-state index contributed by atoms with van der Waals surface area (Å²) in [6, 6.07) is 3.53. The first kappa shape index (κ1) is 9.83. The third-order valence-electron chi connectivity index (χ3n) is 2.78. The number of hydrogen-bond acceptors (Lipinski definition) is 4. The number of nitrogens with two attached hydrogens (primary N) is 1. The zero-order valence-electron chi connectivity index (χ0n) is 8.03. The number of Topliss-reactive ketones (excluding diaryl/α,β-unsaturated/α-hetero) is 1. The van der Waals surface area contributed by atoms with Crippen molar-refractivity contribution in [3.05, 3.63) is 22.4 Å². The van der Waals surface area contributed by atoms with Gasteiger partial charge in [0.15, 0.2) is 5.78 Å². The Labute approximate surface area is 86.9 Å². The summed E-state index contributed by atoms with van der Waals surface area (Å²) in [5.74, 6) is 0.109. The Hall–Kier alpha value is -0.710. The lowest BCUT2D eigenvalue weighted by Crippen LogP contribution is -2.44. The number of ketones is 1. The Morgan fingerprint density at radius 3 is 3.07 bits per heavy atom. The fraction of sp³-hybridized carbons (Fsp3) is 0.500. The van der Waals surface area contributed by atoms with Gasteiger partial charge in [-0.25, -0.2) is 0 Å². The van der Waals surface area contributed by atoms with Crippen LogP contribution in [0.25, 0.3) is 0 Å². The van der Waals surface area contributed by atoms with Gasteiger partial charge in [0.05, 0.1) is 23.5 Å². The third-order valence-corrected chi connectivity index (χ3v) is 3.65. The SMILES string of the molecule is CC1(C(=O)c2cccs2)COCC1N. The van der Waals surface area contributed by atoms with Crippen LogP contribution >= 0.6 is 11.3 Å². The van der Waals surface area contributed by atoms with Gasteiger partial charge in [-0.05, 0) is 18.4 Å². The van der Waals surface area contributed by atoms with Crippen LogP contribution < -0.4 is 5.73 Å². The van der Waals surface area contributed by atoms with Gasteiger partial charge in [0.25, 0.3) is 0 Å². The molecule has 2 heterocycles. The van der Waals surface area contributed by atoms with E-state index in [0.717, 1.165) is 4.88 Å². The molecule has 2 atom stereocenters. The summed E-state index contributed by atoms with van der Waals surface area (Å²) in [4.78, 5) is 12.9. The number of rotatable bonds is 2. The van der Waals surface area contributed by atoms with Crippen LogP contribution in [0.2, 0.25) is 0 Å². The lowest BCUT2D eigenvalue weighted by molar-refractivity contribution is 0.0772. The first-order valence-corrected chi connectivity index (χ1v) is 5.44. The highest BCUT2D eigenvalue weighted by Gasteiger charge is 2.44. The molecule has 14 heavy (non-hydrogen) atoms. The first-order chi connectivity index (χ1) is 6.64. The minimum Gasteiger partial charge on any atom is -0.379 e. The second-order valence-electron chi connectivity index (χ2n) is 3.85. The number of ether oxygens (including phenoxy) is 1. The number of hydrogen-bond donors (Lipinski definition) is 1. The van der Waals surface area contributed by atoms with E-state index in [1.54, 1.807) is 0 Å². The molecule has 1 fully saturated rings. The molecular formula is C10H13NO2S. The van der Waals surface area contributed by atoms with Crippen molar-refractivity contribution in [2.45, 2.75) is 13.0 Å². The fourth-order valence-corrected chi connectivity index (χ4v) is 2.41. The molecule has 0 aliphatic carbocycles. The summed E-state index contributed by atoms with van der Waals surface area (Å²) >= 11 is 1.46. The van der Waals surface area contributed by atoms with Crippen LogP contribution in [0.5, 0.6) is 0 Å². The van der Waals surface area contributed by atoms with Crippen LogP contribution in [0.15, 0.2) is 17.5 Å². The van der Waals surface area contributed by atoms with Gasteiger partial charge in [-0.3, -0.25) is 4.79 Å². The maximum absolute atomic E-state index is 12.1. The lowest BCUT2D eigenvalue weighted by atomic mass is 9.81. The van der Waals surface area contributed by atoms with Gasteiger partial charge in [-0.2, -0.15) is 0 Å². The Kier molecular flexibility index (Phi) is 2.43. The van der Waals surface area contributed by atoms with E-state index in [1.807, 2.05) is 24.4 Å². The zero-order chi connectivity index (χ0) is 10.2. The largest absolute Gasteiger partial charge is 0.379 e. The van der Waals surface area contributed by atoms with Gasteiger partial charge in [0.2, 0.25) is 0 Å². The van der Waals surface area contributed by atoms with Gasteiger partial charge in [0, 0.05) is 6.04 Å². The third kappa shape index (κ3) is 1.39. The van der Waals surface area contributed by atoms with Crippen LogP contribution in [-0.4, -0.2) is 25.0 Å². The molecule has 2 rings (SSSR count). The van der Waals surface area contributed by atoms with E-state index in [-0.39, 0.29) is 11.8 Å². The average Bonchev–Trinajstić information content (AvgIpc) is 2.77. The van der Waals surface area contributed by atoms with E-state index >= 15 is 0 Å². The number of carbonyl (C=O) groups excluding carboxylic acids is 1. The summed E-state index contributed by atoms with van der Waals surface area (Å²) in [7, 11) is 0. The summed E-state index contributed by atoms with van der Waals surface area (Å²) in [6.45, 7) is 2.80. The van der Waals surface area contributed by atoms with E-state index in [9.17, 15) is 4.79 Å². The molecule has 2 N–H and O–H groups in total. The molecule has 0 amide bonds. The van der Waals surface area contributed by atoms with Crippen molar-refractivity contribution in [3.8, 4) is 0 Å². The van der Waals surface area contributed by atoms with Gasteiger partial charge in [-0.1, -0.05) is 6.07 Å². The Balaban J connectivity index is 2.27. The molecule has 1 aromatic rings. The molecule has 3 nitrogen and oxygen atoms in total. The normalized spacial score (nSPS) is 32.0. The highest BCUT2D eigenvalue weighted by atomic mass is 32.1. The smallest absolute Gasteiger partial charge is 0.182 e. The van der Waals surface area contributed by atoms with E-state index in [1.165, 1.54) is 11.3 Å². The van der Waals surface area contributed by atoms with Crippen LogP contribution in [-0.2, 0) is 4.74 Å². The molecule has 2 unspecified atom stereocenters. The highest BCUT2D eigenvalue weighted by molar-refractivity contribution is 7.12. The molecule has 0 saturated carbocycles. The molecular weight excluding hydrogens is 198 g/mol. The quantitative estimate of drug-likeness (QED) is 0.750. The molecule has 0 spiro atoms. The monoisotopic (exact) mass is 211 g/mol. The topological polar surface area (TPSA) is 52.3 Å². The Bertz CT molecular complexity index is 336. The van der Waals surface area contributed by atoms with Crippen molar-refractivity contribution in [1.82, 2.24) is 0 Å². The molecule has 0 bridgehead atoms. The fourth-order valence-electron chi connectivity index (χ4n) is 1.61. The number of carbonyl (C=O) groups is 1. The molecule has 1 aliphatic rings. The van der Waals surface area contributed by atoms with Gasteiger partial charge >= 0.3 is 0 Å². The summed E-state index contributed by atoms with van der Waals surface area (Å²) in [5.41, 5.74) is 5.34. The van der Waals surface area contributed by atoms with Crippen molar-refractivity contribution in [3.63, 3.8) is 0 Å². The first-order valence-electron chi connectivity index (χ1n) is 4.56. The molecule has 1 saturated heterocycles. The minimum atomic E-state index is -0.537. The molecule has 0 radical (unpaired) electrons. The molecule has 1 aromatic heterocycles. The van der Waals surface area contributed by atoms with E-state index in [2.05, 4.69) is 0 Å². The molecule has 76 valence electrons. The summed E-state index contributed by atoms with van der Waals surface area (Å²) in [5, 5.41) is 1.90. The van der Waals surface area contributed by atoms with Crippen molar-refractivity contribution >= 4 is 17.1 Å². The van der Waals surface area contributed by atoms with Crippen LogP contribution in [0, 0.1) is 5.41 Å². The zero-order valence-corrected chi connectivity index (χ0v) is 8.84. The van der Waals surface area contributed by atoms with Gasteiger partial charge in [-0.15, -0.1) is 11.3 Å². The summed E-state index contributed by atoms with van der Waals surface area (Å²) < 4.78 is 5.25. The van der Waals surface area contributed by atoms with Gasteiger partial charge in [0.1, 0.15) is 0 Å². The van der Waals surface area contributed by atoms with Crippen LogP contribution in [0.1, 0.15) is 16.6 Å². The minimum absolute atomic E-state index is 0.109. The maximum atomic E-state index is 12.1. The van der Waals surface area contributed by atoms with Crippen molar-refractivity contribution in [1.29, 1.82) is 0 Å². The second-order valence-corrected chi connectivity index (χ2v) is 4.79. The predicted molar refractivity (Wildman–Crippen MR) is 55.6 cm³/mol. The average molecular weight is 211 g/mol. The Morgan fingerprint density at radius 2 is 2.57 bits per heavy atom. The summed E-state index contributed by atoms with van der Waals surface area (Å²) in [6.07, 6.45) is 0. The molecule has 0 aromatic carbocycles. The van der Waals surface area contributed by atoms with Crippen LogP contribution in [0.3, 0.4) is 0 Å². The highest BCUT2D eigenvalue weighted by Crippen LogP contribution is 2.32. The van der Waals surface area contributed by atoms with Crippen molar-refractivity contribution in [2.24, 2.45) is 11.1 Å². The molecule has 1 aliphatic heterocycles. The van der Waals surface area contributed by atoms with Gasteiger partial charge < -0.3 is 10.5 Å². The van der Waals surface area contributed by atoms with E-state index in [4.69, 9.17) is 10.5 Å². The number of thiophene rings is 1. The van der Waals surface area contributed by atoms with Crippen molar-refractivity contribution in [2.75, 3.05) is 13.2 Å². The van der Waals surface area contributed by atoms with Crippen LogP contribution in [0.4, 0.5) is 0 Å². The standard InChI is InChI=1S/C10H13NO2S/c1-10(6-13-5-8(10)11)9(12)7-3-2-4-14-7/h2-4,8H,5-6,11H2,1H3. The second kappa shape index (κ2) is 3.46. The van der Waals surface area contributed by atoms with Crippen molar-refractivity contribution < 1.29 is 9.53 Å². The lowest BCUT2D eigenvalue weighted by Gasteiger charge is -2.24. The maximum Gasteiger partial charge on any atom is 0.182 e.